The predicted octanol–water partition coefficient (Wildman–Crippen LogP) is 4.47. The van der Waals surface area contributed by atoms with Gasteiger partial charge in [0.05, 0.1) is 6.61 Å². The minimum absolute atomic E-state index is 0.0613. The van der Waals surface area contributed by atoms with E-state index in [1.165, 1.54) is 57.8 Å². The normalized spacial score (nSPS) is 17.7. The largest absolute Gasteiger partial charge is 0.466 e. The molecule has 0 unspecified atom stereocenters. The van der Waals surface area contributed by atoms with E-state index in [-0.39, 0.29) is 5.97 Å². The number of unbranched alkanes of at least 4 members (excludes halogenated alkanes) is 2. The summed E-state index contributed by atoms with van der Waals surface area (Å²) in [7, 11) is 0. The van der Waals surface area contributed by atoms with Crippen molar-refractivity contribution in [1.82, 2.24) is 0 Å². The summed E-state index contributed by atoms with van der Waals surface area (Å²) >= 11 is 0. The van der Waals surface area contributed by atoms with Gasteiger partial charge in [-0.15, -0.1) is 0 Å². The van der Waals surface area contributed by atoms with E-state index < -0.39 is 0 Å². The van der Waals surface area contributed by atoms with Gasteiger partial charge in [-0.05, 0) is 12.3 Å². The fourth-order valence-corrected chi connectivity index (χ4v) is 2.65. The lowest BCUT2D eigenvalue weighted by molar-refractivity contribution is -0.143. The third-order valence-electron chi connectivity index (χ3n) is 3.78. The minimum Gasteiger partial charge on any atom is -0.466 e. The second-order valence-electron chi connectivity index (χ2n) is 5.28. The highest BCUT2D eigenvalue weighted by atomic mass is 16.5. The average molecular weight is 240 g/mol. The molecule has 1 aliphatic carbocycles. The molecule has 0 heterocycles. The van der Waals surface area contributed by atoms with Crippen LogP contribution >= 0.6 is 0 Å². The smallest absolute Gasteiger partial charge is 0.305 e. The van der Waals surface area contributed by atoms with Gasteiger partial charge in [0.15, 0.2) is 0 Å². The number of carbonyl (C=O) groups is 1. The Hall–Kier alpha value is -0.530. The molecule has 1 fully saturated rings. The van der Waals surface area contributed by atoms with Crippen molar-refractivity contribution in [3.05, 3.63) is 0 Å². The summed E-state index contributed by atoms with van der Waals surface area (Å²) in [6.07, 6.45) is 14.1. The summed E-state index contributed by atoms with van der Waals surface area (Å²) in [6, 6.07) is 0. The molecule has 0 saturated heterocycles. The molecule has 0 spiro atoms. The van der Waals surface area contributed by atoms with Gasteiger partial charge in [0, 0.05) is 6.42 Å². The third kappa shape index (κ3) is 7.40. The molecule has 2 heteroatoms. The summed E-state index contributed by atoms with van der Waals surface area (Å²) < 4.78 is 5.06. The molecular weight excluding hydrogens is 212 g/mol. The zero-order valence-corrected chi connectivity index (χ0v) is 11.4. The van der Waals surface area contributed by atoms with Crippen LogP contribution in [0.4, 0.5) is 0 Å². The summed E-state index contributed by atoms with van der Waals surface area (Å²) in [5, 5.41) is 0. The molecule has 1 saturated carbocycles. The fourth-order valence-electron chi connectivity index (χ4n) is 2.65. The molecule has 0 aliphatic heterocycles. The first-order valence-electron chi connectivity index (χ1n) is 7.48. The molecule has 0 atom stereocenters. The molecule has 100 valence electrons. The Morgan fingerprint density at radius 2 is 1.76 bits per heavy atom. The zero-order valence-electron chi connectivity index (χ0n) is 11.4. The van der Waals surface area contributed by atoms with Gasteiger partial charge in [-0.3, -0.25) is 4.79 Å². The van der Waals surface area contributed by atoms with Crippen molar-refractivity contribution >= 4 is 5.97 Å². The molecule has 1 aliphatic rings. The molecule has 0 bridgehead atoms. The first-order valence-corrected chi connectivity index (χ1v) is 7.48. The maximum absolute atomic E-state index is 10.9. The lowest BCUT2D eigenvalue weighted by Crippen LogP contribution is -2.04. The van der Waals surface area contributed by atoms with Gasteiger partial charge in [-0.2, -0.15) is 0 Å². The lowest BCUT2D eigenvalue weighted by atomic mass is 9.94. The van der Waals surface area contributed by atoms with Crippen molar-refractivity contribution in [2.24, 2.45) is 5.92 Å². The third-order valence-corrected chi connectivity index (χ3v) is 3.78. The van der Waals surface area contributed by atoms with Gasteiger partial charge >= 0.3 is 5.97 Å². The minimum atomic E-state index is -0.0613. The quantitative estimate of drug-likeness (QED) is 0.373. The number of carbonyl (C=O) groups excluding carboxylic acids is 1. The number of hydrogen-bond donors (Lipinski definition) is 0. The van der Waals surface area contributed by atoms with Crippen LogP contribution in [0.15, 0.2) is 0 Å². The Balaban J connectivity index is 1.91. The zero-order chi connectivity index (χ0) is 12.3. The summed E-state index contributed by atoms with van der Waals surface area (Å²) in [5.74, 6) is 0.921. The molecule has 0 aromatic rings. The van der Waals surface area contributed by atoms with Crippen molar-refractivity contribution in [3.63, 3.8) is 0 Å². The van der Waals surface area contributed by atoms with E-state index in [9.17, 15) is 4.79 Å². The highest BCUT2D eigenvalue weighted by Crippen LogP contribution is 2.26. The van der Waals surface area contributed by atoms with E-state index in [0.717, 1.165) is 12.3 Å². The van der Waals surface area contributed by atoms with Gasteiger partial charge < -0.3 is 4.74 Å². The highest BCUT2D eigenvalue weighted by Gasteiger charge is 2.11. The monoisotopic (exact) mass is 240 g/mol. The number of rotatable bonds is 7. The predicted molar refractivity (Wildman–Crippen MR) is 70.9 cm³/mol. The van der Waals surface area contributed by atoms with Crippen LogP contribution in [0.5, 0.6) is 0 Å². The van der Waals surface area contributed by atoms with Crippen LogP contribution in [-0.4, -0.2) is 12.6 Å². The number of hydrogen-bond acceptors (Lipinski definition) is 2. The van der Waals surface area contributed by atoms with Crippen molar-refractivity contribution in [2.75, 3.05) is 6.61 Å². The SMILES string of the molecule is CCC(=O)OCCCCCC1CCCCCC1. The van der Waals surface area contributed by atoms with Gasteiger partial charge in [-0.1, -0.05) is 64.7 Å². The van der Waals surface area contributed by atoms with Crippen molar-refractivity contribution in [1.29, 1.82) is 0 Å². The van der Waals surface area contributed by atoms with E-state index in [0.29, 0.717) is 13.0 Å². The van der Waals surface area contributed by atoms with Crippen molar-refractivity contribution in [2.45, 2.75) is 77.6 Å². The lowest BCUT2D eigenvalue weighted by Gasteiger charge is -2.13. The average Bonchev–Trinajstić information content (AvgIpc) is 2.61. The van der Waals surface area contributed by atoms with E-state index in [2.05, 4.69) is 0 Å². The van der Waals surface area contributed by atoms with Crippen LogP contribution in [0.25, 0.3) is 0 Å². The standard InChI is InChI=1S/C15H28O2/c1-2-15(16)17-13-9-5-8-12-14-10-6-3-4-7-11-14/h14H,2-13H2,1H3. The van der Waals surface area contributed by atoms with Crippen LogP contribution in [0, 0.1) is 5.92 Å². The van der Waals surface area contributed by atoms with Crippen molar-refractivity contribution in [3.8, 4) is 0 Å². The summed E-state index contributed by atoms with van der Waals surface area (Å²) in [6.45, 7) is 2.46. The van der Waals surface area contributed by atoms with Gasteiger partial charge in [0.25, 0.3) is 0 Å². The second-order valence-corrected chi connectivity index (χ2v) is 5.28. The molecule has 0 amide bonds. The van der Waals surface area contributed by atoms with Crippen LogP contribution in [0.3, 0.4) is 0 Å². The summed E-state index contributed by atoms with van der Waals surface area (Å²) in [5.41, 5.74) is 0. The van der Waals surface area contributed by atoms with Crippen LogP contribution < -0.4 is 0 Å². The van der Waals surface area contributed by atoms with Crippen LogP contribution in [0.1, 0.15) is 77.6 Å². The Kier molecular flexibility index (Phi) is 8.12. The molecule has 0 N–H and O–H groups in total. The maximum Gasteiger partial charge on any atom is 0.305 e. The second kappa shape index (κ2) is 9.49. The van der Waals surface area contributed by atoms with E-state index in [1.807, 2.05) is 6.92 Å². The first kappa shape index (κ1) is 14.5. The topological polar surface area (TPSA) is 26.3 Å². The molecule has 1 rings (SSSR count). The Labute approximate surface area is 106 Å². The first-order chi connectivity index (χ1) is 8.33. The molecular formula is C15H28O2. The van der Waals surface area contributed by atoms with Gasteiger partial charge in [0.1, 0.15) is 0 Å². The van der Waals surface area contributed by atoms with Crippen LogP contribution in [-0.2, 0) is 9.53 Å². The maximum atomic E-state index is 10.9. The molecule has 0 aromatic heterocycles. The fraction of sp³-hybridized carbons (Fsp3) is 0.933. The Morgan fingerprint density at radius 3 is 2.41 bits per heavy atom. The molecule has 17 heavy (non-hydrogen) atoms. The number of esters is 1. The molecule has 2 nitrogen and oxygen atoms in total. The van der Waals surface area contributed by atoms with E-state index >= 15 is 0 Å². The summed E-state index contributed by atoms with van der Waals surface area (Å²) in [4.78, 5) is 10.9. The van der Waals surface area contributed by atoms with Crippen molar-refractivity contribution < 1.29 is 9.53 Å². The molecule has 0 aromatic carbocycles. The van der Waals surface area contributed by atoms with Gasteiger partial charge in [-0.25, -0.2) is 0 Å². The molecule has 0 radical (unpaired) electrons. The van der Waals surface area contributed by atoms with Crippen LogP contribution in [0.2, 0.25) is 0 Å². The Bertz CT molecular complexity index is 193. The van der Waals surface area contributed by atoms with Gasteiger partial charge in [0.2, 0.25) is 0 Å². The number of ether oxygens (including phenoxy) is 1. The highest BCUT2D eigenvalue weighted by molar-refractivity contribution is 5.68. The van der Waals surface area contributed by atoms with E-state index in [4.69, 9.17) is 4.74 Å². The van der Waals surface area contributed by atoms with E-state index in [1.54, 1.807) is 0 Å². The Morgan fingerprint density at radius 1 is 1.06 bits per heavy atom.